The highest BCUT2D eigenvalue weighted by Crippen LogP contribution is 2.21. The van der Waals surface area contributed by atoms with Crippen molar-refractivity contribution in [2.24, 2.45) is 5.92 Å². The molecule has 0 unspecified atom stereocenters. The quantitative estimate of drug-likeness (QED) is 0.399. The first-order valence-electron chi connectivity index (χ1n) is 5.11. The minimum Gasteiger partial charge on any atom is -0.300 e. The van der Waals surface area contributed by atoms with Gasteiger partial charge in [0.1, 0.15) is 5.78 Å². The highest BCUT2D eigenvalue weighted by atomic mass is 16.5. The molecule has 1 saturated heterocycles. The number of unbranched alkanes of at least 4 members (excludes halogenated alkanes) is 2. The SMILES string of the molecule is CC(=O)CCCCC[C@@H]1CN(O)C1=O. The third kappa shape index (κ3) is 3.10. The molecule has 1 N–H and O–H groups in total. The van der Waals surface area contributed by atoms with Crippen LogP contribution in [0, 0.1) is 5.92 Å². The largest absolute Gasteiger partial charge is 0.300 e. The molecule has 1 amide bonds. The van der Waals surface area contributed by atoms with E-state index in [0.717, 1.165) is 30.7 Å². The van der Waals surface area contributed by atoms with Crippen LogP contribution in [0.1, 0.15) is 39.0 Å². The van der Waals surface area contributed by atoms with E-state index >= 15 is 0 Å². The van der Waals surface area contributed by atoms with Crippen molar-refractivity contribution in [3.8, 4) is 0 Å². The Morgan fingerprint density at radius 2 is 2.21 bits per heavy atom. The maximum atomic E-state index is 11.0. The molecular formula is C10H17NO3. The van der Waals surface area contributed by atoms with Crippen LogP contribution in [0.4, 0.5) is 0 Å². The number of nitrogens with zero attached hydrogens (tertiary/aromatic N) is 1. The van der Waals surface area contributed by atoms with Crippen molar-refractivity contribution in [2.45, 2.75) is 39.0 Å². The van der Waals surface area contributed by atoms with Gasteiger partial charge in [-0.05, 0) is 19.8 Å². The van der Waals surface area contributed by atoms with Crippen molar-refractivity contribution in [2.75, 3.05) is 6.54 Å². The first kappa shape index (κ1) is 11.2. The number of hydroxylamine groups is 2. The molecule has 0 aromatic heterocycles. The first-order valence-corrected chi connectivity index (χ1v) is 5.11. The molecule has 80 valence electrons. The number of carbonyl (C=O) groups is 2. The second-order valence-corrected chi connectivity index (χ2v) is 3.92. The van der Waals surface area contributed by atoms with Crippen LogP contribution < -0.4 is 0 Å². The molecule has 0 aliphatic carbocycles. The van der Waals surface area contributed by atoms with Crippen LogP contribution in [0.5, 0.6) is 0 Å². The molecule has 1 aliphatic rings. The molecule has 14 heavy (non-hydrogen) atoms. The Hall–Kier alpha value is -0.900. The normalized spacial score (nSPS) is 20.9. The molecule has 0 aromatic rings. The van der Waals surface area contributed by atoms with Gasteiger partial charge < -0.3 is 4.79 Å². The Kier molecular flexibility index (Phi) is 4.07. The van der Waals surface area contributed by atoms with E-state index in [1.807, 2.05) is 0 Å². The minimum absolute atomic E-state index is 0.0253. The number of carbonyl (C=O) groups excluding carboxylic acids is 2. The molecule has 0 aromatic carbocycles. The van der Waals surface area contributed by atoms with E-state index in [-0.39, 0.29) is 17.6 Å². The minimum atomic E-state index is -0.156. The molecule has 0 radical (unpaired) electrons. The number of amides is 1. The number of rotatable bonds is 6. The van der Waals surface area contributed by atoms with E-state index in [2.05, 4.69) is 0 Å². The second kappa shape index (κ2) is 5.10. The lowest BCUT2D eigenvalue weighted by molar-refractivity contribution is -0.197. The van der Waals surface area contributed by atoms with E-state index in [1.165, 1.54) is 0 Å². The molecule has 0 saturated carbocycles. The lowest BCUT2D eigenvalue weighted by atomic mass is 9.94. The number of hydrogen-bond donors (Lipinski definition) is 1. The van der Waals surface area contributed by atoms with Gasteiger partial charge in [-0.3, -0.25) is 10.0 Å². The summed E-state index contributed by atoms with van der Waals surface area (Å²) in [7, 11) is 0. The monoisotopic (exact) mass is 199 g/mol. The third-order valence-corrected chi connectivity index (χ3v) is 2.58. The Balaban J connectivity index is 1.95. The van der Waals surface area contributed by atoms with Gasteiger partial charge in [-0.2, -0.15) is 0 Å². The van der Waals surface area contributed by atoms with Gasteiger partial charge in [0, 0.05) is 6.42 Å². The van der Waals surface area contributed by atoms with Gasteiger partial charge in [-0.15, -0.1) is 0 Å². The molecule has 4 nitrogen and oxygen atoms in total. The van der Waals surface area contributed by atoms with Crippen molar-refractivity contribution in [3.63, 3.8) is 0 Å². The van der Waals surface area contributed by atoms with Crippen LogP contribution in [0.25, 0.3) is 0 Å². The Bertz CT molecular complexity index is 227. The Morgan fingerprint density at radius 3 is 2.71 bits per heavy atom. The van der Waals surface area contributed by atoms with Crippen LogP contribution in [0.3, 0.4) is 0 Å². The standard InChI is InChI=1S/C10H17NO3/c1-8(12)5-3-2-4-6-9-7-11(14)10(9)13/h9,14H,2-7H2,1H3/t9-/m1/s1. The van der Waals surface area contributed by atoms with Gasteiger partial charge in [-0.25, -0.2) is 5.06 Å². The molecule has 1 atom stereocenters. The lowest BCUT2D eigenvalue weighted by Crippen LogP contribution is -2.50. The maximum absolute atomic E-state index is 11.0. The van der Waals surface area contributed by atoms with Gasteiger partial charge in [0.05, 0.1) is 12.5 Å². The summed E-state index contributed by atoms with van der Waals surface area (Å²) in [5.74, 6) is 0.0974. The summed E-state index contributed by atoms with van der Waals surface area (Å²) >= 11 is 0. The number of β-lactam (4-membered cyclic amide) rings is 1. The number of hydrogen-bond acceptors (Lipinski definition) is 3. The summed E-state index contributed by atoms with van der Waals surface area (Å²) in [6, 6.07) is 0. The average Bonchev–Trinajstić information content (AvgIpc) is 2.15. The van der Waals surface area contributed by atoms with E-state index < -0.39 is 0 Å². The summed E-state index contributed by atoms with van der Waals surface area (Å²) in [5.41, 5.74) is 0. The molecule has 1 rings (SSSR count). The molecule has 1 fully saturated rings. The van der Waals surface area contributed by atoms with Crippen molar-refractivity contribution in [1.29, 1.82) is 0 Å². The van der Waals surface area contributed by atoms with Gasteiger partial charge in [0.25, 0.3) is 5.91 Å². The Morgan fingerprint density at radius 1 is 1.50 bits per heavy atom. The van der Waals surface area contributed by atoms with E-state index in [1.54, 1.807) is 6.92 Å². The summed E-state index contributed by atoms with van der Waals surface area (Å²) in [6.07, 6.45) is 4.37. The van der Waals surface area contributed by atoms with Gasteiger partial charge in [0.15, 0.2) is 0 Å². The summed E-state index contributed by atoms with van der Waals surface area (Å²) in [6.45, 7) is 2.07. The summed E-state index contributed by atoms with van der Waals surface area (Å²) in [5, 5.41) is 9.57. The molecule has 1 aliphatic heterocycles. The number of Topliss-reactive ketones (excluding diaryl/α,β-unsaturated/α-hetero) is 1. The predicted octanol–water partition coefficient (Wildman–Crippen LogP) is 1.37. The molecular weight excluding hydrogens is 182 g/mol. The summed E-state index contributed by atoms with van der Waals surface area (Å²) < 4.78 is 0. The van der Waals surface area contributed by atoms with Crippen LogP contribution >= 0.6 is 0 Å². The maximum Gasteiger partial charge on any atom is 0.250 e. The van der Waals surface area contributed by atoms with Gasteiger partial charge in [-0.1, -0.05) is 12.8 Å². The van der Waals surface area contributed by atoms with Crippen LogP contribution in [0.15, 0.2) is 0 Å². The molecule has 4 heteroatoms. The molecule has 0 bridgehead atoms. The fourth-order valence-corrected chi connectivity index (χ4v) is 1.63. The molecule has 0 spiro atoms. The topological polar surface area (TPSA) is 57.6 Å². The first-order chi connectivity index (χ1) is 6.61. The predicted molar refractivity (Wildman–Crippen MR) is 50.8 cm³/mol. The molecule has 1 heterocycles. The highest BCUT2D eigenvalue weighted by Gasteiger charge is 2.34. The van der Waals surface area contributed by atoms with E-state index in [0.29, 0.717) is 13.0 Å². The average molecular weight is 199 g/mol. The van der Waals surface area contributed by atoms with Crippen molar-refractivity contribution in [3.05, 3.63) is 0 Å². The van der Waals surface area contributed by atoms with Gasteiger partial charge >= 0.3 is 0 Å². The zero-order valence-electron chi connectivity index (χ0n) is 8.53. The fourth-order valence-electron chi connectivity index (χ4n) is 1.63. The highest BCUT2D eigenvalue weighted by molar-refractivity contribution is 5.83. The smallest absolute Gasteiger partial charge is 0.250 e. The van der Waals surface area contributed by atoms with Crippen LogP contribution in [-0.4, -0.2) is 28.5 Å². The van der Waals surface area contributed by atoms with E-state index in [9.17, 15) is 9.59 Å². The van der Waals surface area contributed by atoms with E-state index in [4.69, 9.17) is 5.21 Å². The third-order valence-electron chi connectivity index (χ3n) is 2.58. The van der Waals surface area contributed by atoms with Crippen LogP contribution in [-0.2, 0) is 9.59 Å². The van der Waals surface area contributed by atoms with Crippen molar-refractivity contribution in [1.82, 2.24) is 5.06 Å². The number of ketones is 1. The Labute approximate surface area is 83.8 Å². The van der Waals surface area contributed by atoms with Crippen molar-refractivity contribution >= 4 is 11.7 Å². The lowest BCUT2D eigenvalue weighted by Gasteiger charge is -2.32. The fraction of sp³-hybridized carbons (Fsp3) is 0.800. The van der Waals surface area contributed by atoms with Crippen molar-refractivity contribution < 1.29 is 14.8 Å². The zero-order valence-corrected chi connectivity index (χ0v) is 8.53. The zero-order chi connectivity index (χ0) is 10.6. The van der Waals surface area contributed by atoms with Gasteiger partial charge in [0.2, 0.25) is 0 Å². The summed E-state index contributed by atoms with van der Waals surface area (Å²) in [4.78, 5) is 21.6. The second-order valence-electron chi connectivity index (χ2n) is 3.92. The van der Waals surface area contributed by atoms with Crippen LogP contribution in [0.2, 0.25) is 0 Å².